The van der Waals surface area contributed by atoms with Crippen molar-refractivity contribution in [3.05, 3.63) is 77.4 Å². The van der Waals surface area contributed by atoms with Crippen LogP contribution in [0.5, 0.6) is 5.75 Å². The van der Waals surface area contributed by atoms with Crippen molar-refractivity contribution < 1.29 is 5.11 Å². The lowest BCUT2D eigenvalue weighted by molar-refractivity contribution is 0.312. The van der Waals surface area contributed by atoms with E-state index < -0.39 is 0 Å². The van der Waals surface area contributed by atoms with Crippen LogP contribution in [0.15, 0.2) is 54.7 Å². The van der Waals surface area contributed by atoms with Crippen LogP contribution in [0.4, 0.5) is 0 Å². The van der Waals surface area contributed by atoms with Gasteiger partial charge in [-0.2, -0.15) is 0 Å². The molecule has 30 heavy (non-hydrogen) atoms. The molecule has 1 aromatic carbocycles. The molecule has 0 bridgehead atoms. The molecule has 3 heterocycles. The van der Waals surface area contributed by atoms with Crippen LogP contribution in [0.1, 0.15) is 54.5 Å². The molecule has 1 aliphatic rings. The normalized spacial score (nSPS) is 18.6. The van der Waals surface area contributed by atoms with Crippen molar-refractivity contribution in [3.8, 4) is 11.4 Å². The zero-order valence-corrected chi connectivity index (χ0v) is 18.5. The minimum Gasteiger partial charge on any atom is -0.506 e. The largest absolute Gasteiger partial charge is 0.506 e. The minimum atomic E-state index is -0.0196. The minimum absolute atomic E-state index is 0.0196. The predicted octanol–water partition coefficient (Wildman–Crippen LogP) is 4.97. The first-order chi connectivity index (χ1) is 14.5. The van der Waals surface area contributed by atoms with Crippen molar-refractivity contribution in [1.82, 2.24) is 19.8 Å². The van der Waals surface area contributed by atoms with Gasteiger partial charge in [0.2, 0.25) is 0 Å². The number of nitrogens with zero attached hydrogens (tertiary/aromatic N) is 3. The molecule has 2 unspecified atom stereocenters. The van der Waals surface area contributed by atoms with Crippen LogP contribution in [0.2, 0.25) is 0 Å². The third kappa shape index (κ3) is 3.56. The SMILES string of the molecule is CCCCN1C(=S)NC(c2ccccn2)C1c1cc(C)n(-c2ccccc2O)c1C. The molecule has 0 amide bonds. The number of aryl methyl sites for hydroxylation is 1. The number of unbranched alkanes of at least 4 members (excludes halogenated alkanes) is 1. The summed E-state index contributed by atoms with van der Waals surface area (Å²) < 4.78 is 2.12. The van der Waals surface area contributed by atoms with Crippen molar-refractivity contribution in [2.24, 2.45) is 0 Å². The van der Waals surface area contributed by atoms with Gasteiger partial charge in [0.05, 0.1) is 23.5 Å². The Morgan fingerprint density at radius 1 is 1.13 bits per heavy atom. The molecule has 1 fully saturated rings. The van der Waals surface area contributed by atoms with E-state index in [4.69, 9.17) is 12.2 Å². The van der Waals surface area contributed by atoms with Gasteiger partial charge in [-0.3, -0.25) is 4.98 Å². The Morgan fingerprint density at radius 3 is 2.60 bits per heavy atom. The molecule has 0 radical (unpaired) electrons. The van der Waals surface area contributed by atoms with Crippen LogP contribution in [-0.4, -0.2) is 31.2 Å². The summed E-state index contributed by atoms with van der Waals surface area (Å²) in [7, 11) is 0. The summed E-state index contributed by atoms with van der Waals surface area (Å²) in [5.74, 6) is 0.273. The molecule has 1 saturated heterocycles. The number of para-hydroxylation sites is 2. The van der Waals surface area contributed by atoms with Crippen molar-refractivity contribution >= 4 is 17.3 Å². The van der Waals surface area contributed by atoms with E-state index in [9.17, 15) is 5.11 Å². The molecular formula is C24H28N4OS. The van der Waals surface area contributed by atoms with Crippen LogP contribution < -0.4 is 5.32 Å². The van der Waals surface area contributed by atoms with Gasteiger partial charge in [-0.25, -0.2) is 0 Å². The predicted molar refractivity (Wildman–Crippen MR) is 124 cm³/mol. The zero-order chi connectivity index (χ0) is 21.3. The summed E-state index contributed by atoms with van der Waals surface area (Å²) >= 11 is 5.75. The molecular weight excluding hydrogens is 392 g/mol. The maximum absolute atomic E-state index is 10.5. The lowest BCUT2D eigenvalue weighted by atomic mass is 9.96. The van der Waals surface area contributed by atoms with E-state index in [1.807, 2.05) is 36.5 Å². The Hall–Kier alpha value is -2.86. The number of phenolic OH excluding ortho intramolecular Hbond substituents is 1. The first-order valence-corrected chi connectivity index (χ1v) is 10.9. The lowest BCUT2D eigenvalue weighted by Crippen LogP contribution is -2.30. The smallest absolute Gasteiger partial charge is 0.170 e. The number of hydrogen-bond donors (Lipinski definition) is 2. The summed E-state index contributed by atoms with van der Waals surface area (Å²) in [6.07, 6.45) is 4.01. The second kappa shape index (κ2) is 8.48. The average molecular weight is 421 g/mol. The number of rotatable bonds is 6. The van der Waals surface area contributed by atoms with Gasteiger partial charge in [0.1, 0.15) is 5.75 Å². The van der Waals surface area contributed by atoms with Crippen LogP contribution >= 0.6 is 12.2 Å². The van der Waals surface area contributed by atoms with E-state index in [0.717, 1.165) is 47.3 Å². The molecule has 2 aromatic heterocycles. The van der Waals surface area contributed by atoms with Gasteiger partial charge < -0.3 is 19.9 Å². The summed E-state index contributed by atoms with van der Waals surface area (Å²) in [6, 6.07) is 15.7. The van der Waals surface area contributed by atoms with Crippen LogP contribution in [0.3, 0.4) is 0 Å². The summed E-state index contributed by atoms with van der Waals surface area (Å²) in [5, 5.41) is 14.7. The summed E-state index contributed by atoms with van der Waals surface area (Å²) in [5.41, 5.74) is 5.16. The number of phenols is 1. The fourth-order valence-electron chi connectivity index (χ4n) is 4.42. The van der Waals surface area contributed by atoms with Gasteiger partial charge in [0.15, 0.2) is 5.11 Å². The fourth-order valence-corrected chi connectivity index (χ4v) is 4.76. The number of pyridine rings is 1. The molecule has 6 heteroatoms. The molecule has 2 atom stereocenters. The molecule has 4 rings (SSSR count). The molecule has 0 aliphatic carbocycles. The van der Waals surface area contributed by atoms with E-state index in [2.05, 4.69) is 52.7 Å². The van der Waals surface area contributed by atoms with Crippen molar-refractivity contribution in [1.29, 1.82) is 0 Å². The first kappa shape index (κ1) is 20.4. The van der Waals surface area contributed by atoms with Crippen molar-refractivity contribution in [2.45, 2.75) is 45.7 Å². The Balaban J connectivity index is 1.83. The number of aromatic nitrogens is 2. The molecule has 156 valence electrons. The second-order valence-electron chi connectivity index (χ2n) is 7.82. The van der Waals surface area contributed by atoms with Crippen molar-refractivity contribution in [3.63, 3.8) is 0 Å². The highest BCUT2D eigenvalue weighted by Gasteiger charge is 2.41. The van der Waals surface area contributed by atoms with E-state index >= 15 is 0 Å². The van der Waals surface area contributed by atoms with Gasteiger partial charge in [-0.05, 0) is 68.4 Å². The van der Waals surface area contributed by atoms with Gasteiger partial charge >= 0.3 is 0 Å². The fraction of sp³-hybridized carbons (Fsp3) is 0.333. The lowest BCUT2D eigenvalue weighted by Gasteiger charge is -2.28. The van der Waals surface area contributed by atoms with E-state index in [0.29, 0.717) is 0 Å². The topological polar surface area (TPSA) is 53.3 Å². The summed E-state index contributed by atoms with van der Waals surface area (Å²) in [6.45, 7) is 7.29. The average Bonchev–Trinajstić information content (AvgIpc) is 3.23. The number of thiocarbonyl (C=S) groups is 1. The standard InChI is InChI=1S/C24H28N4OS/c1-4-5-14-27-23(22(26-24(27)30)19-10-8-9-13-25-19)18-15-16(2)28(17(18)3)20-11-6-7-12-21(20)29/h6-13,15,22-23,29H,4-5,14H2,1-3H3,(H,26,30). The monoisotopic (exact) mass is 420 g/mol. The van der Waals surface area contributed by atoms with Crippen molar-refractivity contribution in [2.75, 3.05) is 6.54 Å². The zero-order valence-electron chi connectivity index (χ0n) is 17.7. The number of nitrogens with one attached hydrogen (secondary N) is 1. The second-order valence-corrected chi connectivity index (χ2v) is 8.21. The Kier molecular flexibility index (Phi) is 5.77. The highest BCUT2D eigenvalue weighted by atomic mass is 32.1. The van der Waals surface area contributed by atoms with Gasteiger partial charge in [0.25, 0.3) is 0 Å². The van der Waals surface area contributed by atoms with E-state index in [1.54, 1.807) is 6.07 Å². The molecule has 5 nitrogen and oxygen atoms in total. The van der Waals surface area contributed by atoms with Crippen LogP contribution in [-0.2, 0) is 0 Å². The molecule has 0 saturated carbocycles. The third-order valence-corrected chi connectivity index (χ3v) is 6.21. The van der Waals surface area contributed by atoms with Gasteiger partial charge in [-0.15, -0.1) is 0 Å². The summed E-state index contributed by atoms with van der Waals surface area (Å²) in [4.78, 5) is 6.92. The third-order valence-electron chi connectivity index (χ3n) is 5.86. The Morgan fingerprint density at radius 2 is 1.90 bits per heavy atom. The maximum atomic E-state index is 10.5. The van der Waals surface area contributed by atoms with E-state index in [1.165, 1.54) is 5.56 Å². The van der Waals surface area contributed by atoms with Gasteiger partial charge in [-0.1, -0.05) is 31.5 Å². The molecule has 2 N–H and O–H groups in total. The number of benzene rings is 1. The van der Waals surface area contributed by atoms with Gasteiger partial charge in [0, 0.05) is 24.1 Å². The van der Waals surface area contributed by atoms with Crippen LogP contribution in [0, 0.1) is 13.8 Å². The Labute approximate surface area is 183 Å². The molecule has 0 spiro atoms. The Bertz CT molecular complexity index is 1050. The quantitative estimate of drug-likeness (QED) is 0.552. The highest BCUT2D eigenvalue weighted by molar-refractivity contribution is 7.80. The first-order valence-electron chi connectivity index (χ1n) is 10.5. The van der Waals surface area contributed by atoms with E-state index in [-0.39, 0.29) is 17.8 Å². The maximum Gasteiger partial charge on any atom is 0.170 e. The molecule has 3 aromatic rings. The highest BCUT2D eigenvalue weighted by Crippen LogP contribution is 2.42. The number of hydrogen-bond acceptors (Lipinski definition) is 3. The van der Waals surface area contributed by atoms with Crippen LogP contribution in [0.25, 0.3) is 5.69 Å². The number of aromatic hydroxyl groups is 1. The molecule has 1 aliphatic heterocycles.